The molecule has 2 amide bonds. The molecule has 6 nitrogen and oxygen atoms in total. The van der Waals surface area contributed by atoms with Crippen molar-refractivity contribution in [1.29, 1.82) is 0 Å². The normalized spacial score (nSPS) is 10.4. The van der Waals surface area contributed by atoms with Gasteiger partial charge in [0.05, 0.1) is 5.02 Å². The first kappa shape index (κ1) is 16.7. The van der Waals surface area contributed by atoms with Gasteiger partial charge in [0, 0.05) is 22.8 Å². The third-order valence-corrected chi connectivity index (χ3v) is 3.82. The van der Waals surface area contributed by atoms with Crippen molar-refractivity contribution in [2.24, 2.45) is 5.73 Å². The van der Waals surface area contributed by atoms with Crippen LogP contribution in [0.5, 0.6) is 5.75 Å². The highest BCUT2D eigenvalue weighted by molar-refractivity contribution is 6.35. The molecule has 0 spiro atoms. The number of carbonyl (C=O) groups is 2. The summed E-state index contributed by atoms with van der Waals surface area (Å²) in [5.74, 6) is -0.395. The average Bonchev–Trinajstić information content (AvgIpc) is 2.62. The minimum Gasteiger partial charge on any atom is -0.481 e. The van der Waals surface area contributed by atoms with Crippen LogP contribution in [-0.4, -0.2) is 23.4 Å². The molecule has 0 aliphatic carbocycles. The highest BCUT2D eigenvalue weighted by Gasteiger charge is 2.09. The van der Waals surface area contributed by atoms with Crippen molar-refractivity contribution in [2.75, 3.05) is 11.9 Å². The molecule has 0 saturated heterocycles. The molecular formula is C18H14ClN3O3. The van der Waals surface area contributed by atoms with Gasteiger partial charge in [-0.3, -0.25) is 14.6 Å². The van der Waals surface area contributed by atoms with Crippen LogP contribution in [0.2, 0.25) is 5.02 Å². The molecule has 2 aromatic carbocycles. The lowest BCUT2D eigenvalue weighted by Crippen LogP contribution is -2.20. The van der Waals surface area contributed by atoms with E-state index in [1.807, 2.05) is 6.07 Å². The second kappa shape index (κ2) is 7.19. The molecule has 0 aliphatic rings. The summed E-state index contributed by atoms with van der Waals surface area (Å²) in [4.78, 5) is 27.3. The Labute approximate surface area is 148 Å². The summed E-state index contributed by atoms with van der Waals surface area (Å²) in [7, 11) is 0. The first-order valence-corrected chi connectivity index (χ1v) is 7.78. The molecule has 25 heavy (non-hydrogen) atoms. The Morgan fingerprint density at radius 3 is 2.60 bits per heavy atom. The SMILES string of the molecule is NC(=O)c1ccc(NC(=O)COc2ccc(Cl)c3cccnc23)cc1. The maximum absolute atomic E-state index is 12.0. The number of aromatic nitrogens is 1. The van der Waals surface area contributed by atoms with E-state index >= 15 is 0 Å². The number of hydrogen-bond acceptors (Lipinski definition) is 4. The Morgan fingerprint density at radius 2 is 1.88 bits per heavy atom. The molecule has 126 valence electrons. The van der Waals surface area contributed by atoms with Crippen molar-refractivity contribution in [1.82, 2.24) is 4.98 Å². The van der Waals surface area contributed by atoms with Gasteiger partial charge >= 0.3 is 0 Å². The highest BCUT2D eigenvalue weighted by Crippen LogP contribution is 2.29. The number of halogens is 1. The van der Waals surface area contributed by atoms with Gasteiger partial charge in [0.25, 0.3) is 5.91 Å². The number of carbonyl (C=O) groups excluding carboxylic acids is 2. The molecule has 0 aliphatic heterocycles. The van der Waals surface area contributed by atoms with E-state index < -0.39 is 5.91 Å². The molecule has 3 N–H and O–H groups in total. The molecule has 3 rings (SSSR count). The Morgan fingerprint density at radius 1 is 1.12 bits per heavy atom. The van der Waals surface area contributed by atoms with Crippen molar-refractivity contribution >= 4 is 40.0 Å². The molecule has 7 heteroatoms. The number of pyridine rings is 1. The van der Waals surface area contributed by atoms with Gasteiger partial charge in [0.2, 0.25) is 5.91 Å². The number of anilines is 1. The molecular weight excluding hydrogens is 342 g/mol. The van der Waals surface area contributed by atoms with Gasteiger partial charge in [-0.05, 0) is 48.5 Å². The first-order chi connectivity index (χ1) is 12.0. The van der Waals surface area contributed by atoms with E-state index in [1.165, 1.54) is 12.1 Å². The van der Waals surface area contributed by atoms with Crippen LogP contribution in [0.25, 0.3) is 10.9 Å². The minimum absolute atomic E-state index is 0.190. The summed E-state index contributed by atoms with van der Waals surface area (Å²) < 4.78 is 5.56. The lowest BCUT2D eigenvalue weighted by Gasteiger charge is -2.10. The molecule has 0 unspecified atom stereocenters. The fraction of sp³-hybridized carbons (Fsp3) is 0.0556. The number of hydrogen-bond donors (Lipinski definition) is 2. The third kappa shape index (κ3) is 3.87. The topological polar surface area (TPSA) is 94.3 Å². The van der Waals surface area contributed by atoms with E-state index in [-0.39, 0.29) is 12.5 Å². The molecule has 0 radical (unpaired) electrons. The number of primary amides is 1. The van der Waals surface area contributed by atoms with Crippen LogP contribution < -0.4 is 15.8 Å². The maximum Gasteiger partial charge on any atom is 0.262 e. The van der Waals surface area contributed by atoms with Crippen molar-refractivity contribution < 1.29 is 14.3 Å². The van der Waals surface area contributed by atoms with Gasteiger partial charge in [-0.1, -0.05) is 11.6 Å². The zero-order valence-electron chi connectivity index (χ0n) is 13.0. The predicted octanol–water partition coefficient (Wildman–Crippen LogP) is 3.00. The van der Waals surface area contributed by atoms with Gasteiger partial charge in [-0.2, -0.15) is 0 Å². The largest absolute Gasteiger partial charge is 0.481 e. The number of nitrogens with zero attached hydrogens (tertiary/aromatic N) is 1. The monoisotopic (exact) mass is 355 g/mol. The number of ether oxygens (including phenoxy) is 1. The van der Waals surface area contributed by atoms with Gasteiger partial charge in [-0.25, -0.2) is 0 Å². The standard InChI is InChI=1S/C18H14ClN3O3/c19-14-7-8-15(17-13(14)2-1-9-21-17)25-10-16(23)22-12-5-3-11(4-6-12)18(20)24/h1-9H,10H2,(H2,20,24)(H,22,23). The zero-order valence-corrected chi connectivity index (χ0v) is 13.8. The number of amides is 2. The lowest BCUT2D eigenvalue weighted by molar-refractivity contribution is -0.118. The maximum atomic E-state index is 12.0. The Hall–Kier alpha value is -3.12. The summed E-state index contributed by atoms with van der Waals surface area (Å²) in [6.07, 6.45) is 1.63. The third-order valence-electron chi connectivity index (χ3n) is 3.49. The number of nitrogens with one attached hydrogen (secondary N) is 1. The van der Waals surface area contributed by atoms with Crippen molar-refractivity contribution in [2.45, 2.75) is 0 Å². The van der Waals surface area contributed by atoms with Gasteiger partial charge in [0.15, 0.2) is 6.61 Å². The number of benzene rings is 2. The first-order valence-electron chi connectivity index (χ1n) is 7.40. The summed E-state index contributed by atoms with van der Waals surface area (Å²) in [5, 5.41) is 3.99. The molecule has 0 fully saturated rings. The van der Waals surface area contributed by atoms with Crippen LogP contribution in [0.4, 0.5) is 5.69 Å². The van der Waals surface area contributed by atoms with Crippen LogP contribution >= 0.6 is 11.6 Å². The molecule has 1 aromatic heterocycles. The van der Waals surface area contributed by atoms with E-state index in [1.54, 1.807) is 36.5 Å². The summed E-state index contributed by atoms with van der Waals surface area (Å²) in [6.45, 7) is -0.190. The van der Waals surface area contributed by atoms with Crippen molar-refractivity contribution in [3.63, 3.8) is 0 Å². The molecule has 3 aromatic rings. The van der Waals surface area contributed by atoms with Crippen molar-refractivity contribution in [3.05, 3.63) is 65.3 Å². The fourth-order valence-electron chi connectivity index (χ4n) is 2.29. The molecule has 0 atom stereocenters. The molecule has 0 bridgehead atoms. The average molecular weight is 356 g/mol. The Kier molecular flexibility index (Phi) is 4.81. The number of rotatable bonds is 5. The lowest BCUT2D eigenvalue weighted by atomic mass is 10.2. The van der Waals surface area contributed by atoms with Gasteiger partial charge in [-0.15, -0.1) is 0 Å². The quantitative estimate of drug-likeness (QED) is 0.735. The second-order valence-electron chi connectivity index (χ2n) is 5.22. The fourth-order valence-corrected chi connectivity index (χ4v) is 2.50. The number of nitrogens with two attached hydrogens (primary N) is 1. The van der Waals surface area contributed by atoms with Crippen LogP contribution in [-0.2, 0) is 4.79 Å². The summed E-state index contributed by atoms with van der Waals surface area (Å²) >= 11 is 6.13. The van der Waals surface area contributed by atoms with Crippen LogP contribution in [0.15, 0.2) is 54.7 Å². The zero-order chi connectivity index (χ0) is 17.8. The van der Waals surface area contributed by atoms with Gasteiger partial charge in [0.1, 0.15) is 11.3 Å². The highest BCUT2D eigenvalue weighted by atomic mass is 35.5. The number of fused-ring (bicyclic) bond motifs is 1. The van der Waals surface area contributed by atoms with Crippen molar-refractivity contribution in [3.8, 4) is 5.75 Å². The van der Waals surface area contributed by atoms with Crippen LogP contribution in [0.3, 0.4) is 0 Å². The van der Waals surface area contributed by atoms with E-state index in [4.69, 9.17) is 22.1 Å². The molecule has 0 saturated carbocycles. The van der Waals surface area contributed by atoms with Crippen LogP contribution in [0, 0.1) is 0 Å². The summed E-state index contributed by atoms with van der Waals surface area (Å²) in [6, 6.07) is 13.2. The van der Waals surface area contributed by atoms with Crippen LogP contribution in [0.1, 0.15) is 10.4 Å². The van der Waals surface area contributed by atoms with E-state index in [0.717, 1.165) is 5.39 Å². The second-order valence-corrected chi connectivity index (χ2v) is 5.63. The van der Waals surface area contributed by atoms with E-state index in [0.29, 0.717) is 27.5 Å². The molecule has 1 heterocycles. The Balaban J connectivity index is 1.66. The van der Waals surface area contributed by atoms with E-state index in [2.05, 4.69) is 10.3 Å². The van der Waals surface area contributed by atoms with Gasteiger partial charge < -0.3 is 15.8 Å². The van der Waals surface area contributed by atoms with E-state index in [9.17, 15) is 9.59 Å². The predicted molar refractivity (Wildman–Crippen MR) is 95.8 cm³/mol. The minimum atomic E-state index is -0.525. The smallest absolute Gasteiger partial charge is 0.262 e. The summed E-state index contributed by atoms with van der Waals surface area (Å²) in [5.41, 5.74) is 6.67. The Bertz CT molecular complexity index is 942.